The first-order valence-corrected chi connectivity index (χ1v) is 9.15. The smallest absolute Gasteiger partial charge is 0.378 e. The van der Waals surface area contributed by atoms with E-state index in [0.717, 1.165) is 19.1 Å². The number of hydrogen-bond acceptors (Lipinski definition) is 2. The molecule has 4 nitrogen and oxygen atoms in total. The first-order chi connectivity index (χ1) is 13.4. The zero-order chi connectivity index (χ0) is 22.1. The second kappa shape index (κ2) is 8.44. The summed E-state index contributed by atoms with van der Waals surface area (Å²) in [6.45, 7) is 1.97. The van der Waals surface area contributed by atoms with E-state index in [9.17, 15) is 22.4 Å². The molecule has 0 bridgehead atoms. The van der Waals surface area contributed by atoms with Crippen molar-refractivity contribution in [3.63, 3.8) is 0 Å². The third-order valence-corrected chi connectivity index (χ3v) is 5.38. The maximum absolute atomic E-state index is 14.7. The van der Waals surface area contributed by atoms with Crippen LogP contribution in [0.25, 0.3) is 5.57 Å². The van der Waals surface area contributed by atoms with Gasteiger partial charge in [0.2, 0.25) is 16.8 Å². The van der Waals surface area contributed by atoms with E-state index in [-0.39, 0.29) is 22.9 Å². The van der Waals surface area contributed by atoms with Crippen LogP contribution in [0.15, 0.2) is 28.0 Å². The normalized spacial score (nSPS) is 19.4. The minimum absolute atomic E-state index is 0.179. The van der Waals surface area contributed by atoms with Crippen LogP contribution in [0.4, 0.5) is 17.6 Å². The van der Waals surface area contributed by atoms with Crippen LogP contribution >= 0.6 is 34.8 Å². The molecule has 1 aliphatic heterocycles. The average molecular weight is 473 g/mol. The monoisotopic (exact) mass is 471 g/mol. The molecule has 11 heteroatoms. The first-order valence-electron chi connectivity index (χ1n) is 8.02. The standard InChI is InChI=1S/C18H13Cl3F4N2O2/c1-4-6-27(5-2)16(18(23,24)25)15(20)14(17(27)21)10-7-13(29-26-9(3)28)11(19)8-12(10)22/h1,7-8H,5-6H2,2-3H3/p+1. The van der Waals surface area contributed by atoms with Gasteiger partial charge in [0.25, 0.3) is 0 Å². The molecule has 2 rings (SSSR count). The van der Waals surface area contributed by atoms with Gasteiger partial charge in [-0.1, -0.05) is 23.2 Å². The number of terminal acetylenes is 1. The number of nitrogens with zero attached hydrogens (tertiary/aromatic N) is 1. The van der Waals surface area contributed by atoms with Crippen molar-refractivity contribution in [1.82, 2.24) is 5.48 Å². The minimum Gasteiger partial charge on any atom is -0.378 e. The second-order valence-corrected chi connectivity index (χ2v) is 7.14. The van der Waals surface area contributed by atoms with E-state index in [2.05, 4.69) is 5.92 Å². The highest BCUT2D eigenvalue weighted by Crippen LogP contribution is 2.54. The number of halogens is 7. The maximum Gasteiger partial charge on any atom is 0.469 e. The van der Waals surface area contributed by atoms with E-state index in [4.69, 9.17) is 46.1 Å². The van der Waals surface area contributed by atoms with Crippen molar-refractivity contribution in [1.29, 1.82) is 0 Å². The molecule has 0 radical (unpaired) electrons. The van der Waals surface area contributed by atoms with Gasteiger partial charge in [-0.15, -0.1) is 6.42 Å². The summed E-state index contributed by atoms with van der Waals surface area (Å²) >= 11 is 18.3. The van der Waals surface area contributed by atoms with Crippen LogP contribution in [0.5, 0.6) is 5.75 Å². The molecule has 1 heterocycles. The Morgan fingerprint density at radius 3 is 2.41 bits per heavy atom. The molecule has 1 amide bonds. The number of hydrogen-bond donors (Lipinski definition) is 1. The van der Waals surface area contributed by atoms with Crippen molar-refractivity contribution in [2.75, 3.05) is 13.1 Å². The zero-order valence-electron chi connectivity index (χ0n) is 15.1. The van der Waals surface area contributed by atoms with E-state index in [1.807, 2.05) is 5.48 Å². The largest absolute Gasteiger partial charge is 0.469 e. The van der Waals surface area contributed by atoms with E-state index in [0.29, 0.717) is 0 Å². The van der Waals surface area contributed by atoms with Crippen LogP contribution in [-0.4, -0.2) is 29.7 Å². The Morgan fingerprint density at radius 1 is 1.31 bits per heavy atom. The molecular weight excluding hydrogens is 459 g/mol. The van der Waals surface area contributed by atoms with Gasteiger partial charge in [-0.3, -0.25) is 4.79 Å². The fraction of sp³-hybridized carbons (Fsp3) is 0.278. The molecule has 0 aliphatic carbocycles. The molecule has 1 N–H and O–H groups in total. The Kier molecular flexibility index (Phi) is 6.80. The number of allylic oxidation sites excluding steroid dienone is 3. The van der Waals surface area contributed by atoms with Crippen LogP contribution < -0.4 is 10.3 Å². The number of carbonyl (C=O) groups is 1. The van der Waals surface area contributed by atoms with Crippen LogP contribution in [0.3, 0.4) is 0 Å². The molecule has 1 atom stereocenters. The van der Waals surface area contributed by atoms with E-state index >= 15 is 0 Å². The zero-order valence-corrected chi connectivity index (χ0v) is 17.3. The Balaban J connectivity index is 2.79. The molecule has 1 aliphatic rings. The molecule has 0 fully saturated rings. The number of nitrogens with one attached hydrogen (secondary N) is 1. The van der Waals surface area contributed by atoms with Gasteiger partial charge in [-0.05, 0) is 36.6 Å². The van der Waals surface area contributed by atoms with Crippen LogP contribution in [0.2, 0.25) is 5.02 Å². The van der Waals surface area contributed by atoms with Crippen molar-refractivity contribution in [2.45, 2.75) is 20.0 Å². The van der Waals surface area contributed by atoms with Crippen LogP contribution in [0, 0.1) is 18.2 Å². The summed E-state index contributed by atoms with van der Waals surface area (Å²) in [6.07, 6.45) is 0.392. The molecule has 0 aromatic heterocycles. The summed E-state index contributed by atoms with van der Waals surface area (Å²) < 4.78 is 55.2. The lowest BCUT2D eigenvalue weighted by atomic mass is 10.1. The summed E-state index contributed by atoms with van der Waals surface area (Å²) in [7, 11) is 0. The lowest BCUT2D eigenvalue weighted by Gasteiger charge is -2.33. The van der Waals surface area contributed by atoms with E-state index in [1.54, 1.807) is 0 Å². The summed E-state index contributed by atoms with van der Waals surface area (Å²) in [4.78, 5) is 16.0. The maximum atomic E-state index is 14.7. The van der Waals surface area contributed by atoms with Crippen molar-refractivity contribution in [2.24, 2.45) is 0 Å². The van der Waals surface area contributed by atoms with Gasteiger partial charge in [0.15, 0.2) is 12.3 Å². The molecule has 156 valence electrons. The molecule has 1 aromatic rings. The van der Waals surface area contributed by atoms with Crippen molar-refractivity contribution >= 4 is 46.3 Å². The number of quaternary nitrogens is 1. The predicted octanol–water partition coefficient (Wildman–Crippen LogP) is 5.31. The minimum atomic E-state index is -4.88. The number of amides is 1. The molecular formula is C18H14Cl3F4N2O2+. The fourth-order valence-electron chi connectivity index (χ4n) is 2.94. The van der Waals surface area contributed by atoms with Gasteiger partial charge in [-0.25, -0.2) is 8.87 Å². The molecule has 0 saturated heterocycles. The lowest BCUT2D eigenvalue weighted by Crippen LogP contribution is -2.47. The highest BCUT2D eigenvalue weighted by atomic mass is 35.5. The topological polar surface area (TPSA) is 38.3 Å². The number of carbonyl (C=O) groups excluding carboxylic acids is 1. The highest BCUT2D eigenvalue weighted by molar-refractivity contribution is 6.42. The van der Waals surface area contributed by atoms with Crippen LogP contribution in [0.1, 0.15) is 19.4 Å². The van der Waals surface area contributed by atoms with E-state index < -0.39 is 50.4 Å². The number of hydroxylamine groups is 1. The van der Waals surface area contributed by atoms with Crippen molar-refractivity contribution in [3.05, 3.63) is 44.4 Å². The number of rotatable bonds is 5. The Labute approximate surface area is 179 Å². The average Bonchev–Trinajstić information content (AvgIpc) is 2.82. The van der Waals surface area contributed by atoms with Gasteiger partial charge in [0.1, 0.15) is 10.8 Å². The third kappa shape index (κ3) is 4.19. The summed E-state index contributed by atoms with van der Waals surface area (Å²) in [5, 5.41) is -1.41. The van der Waals surface area contributed by atoms with Gasteiger partial charge in [-0.2, -0.15) is 18.7 Å². The first kappa shape index (κ1) is 23.4. The molecule has 0 saturated carbocycles. The summed E-state index contributed by atoms with van der Waals surface area (Å²) in [5.41, 5.74) is 0.0158. The quantitative estimate of drug-likeness (QED) is 0.207. The lowest BCUT2D eigenvalue weighted by molar-refractivity contribution is -0.845. The molecule has 29 heavy (non-hydrogen) atoms. The van der Waals surface area contributed by atoms with Crippen molar-refractivity contribution < 1.29 is 31.7 Å². The number of alkyl halides is 3. The van der Waals surface area contributed by atoms with Gasteiger partial charge < -0.3 is 4.84 Å². The van der Waals surface area contributed by atoms with Gasteiger partial charge >= 0.3 is 6.18 Å². The van der Waals surface area contributed by atoms with E-state index in [1.165, 1.54) is 6.92 Å². The second-order valence-electron chi connectivity index (χ2n) is 6.00. The predicted molar refractivity (Wildman–Crippen MR) is 102 cm³/mol. The Hall–Kier alpha value is -1.92. The van der Waals surface area contributed by atoms with Gasteiger partial charge in [0.05, 0.1) is 17.1 Å². The highest BCUT2D eigenvalue weighted by Gasteiger charge is 2.58. The molecule has 0 spiro atoms. The number of benzene rings is 1. The SMILES string of the molecule is C#CC[N+]1(CC)C(Cl)=C(c2cc(ONC(C)=O)c(Cl)cc2F)C(Cl)=C1C(F)(F)F. The van der Waals surface area contributed by atoms with Gasteiger partial charge in [0, 0.05) is 12.5 Å². The summed E-state index contributed by atoms with van der Waals surface area (Å²) in [6, 6.07) is 1.80. The van der Waals surface area contributed by atoms with Crippen molar-refractivity contribution in [3.8, 4) is 18.1 Å². The van der Waals surface area contributed by atoms with Crippen LogP contribution in [-0.2, 0) is 4.79 Å². The Morgan fingerprint density at radius 2 is 1.93 bits per heavy atom. The third-order valence-electron chi connectivity index (χ3n) is 4.20. The Bertz CT molecular complexity index is 967. The summed E-state index contributed by atoms with van der Waals surface area (Å²) in [5.74, 6) is 0.376. The fourth-order valence-corrected chi connectivity index (χ4v) is 4.10. The molecule has 1 aromatic carbocycles. The molecule has 1 unspecified atom stereocenters.